The summed E-state index contributed by atoms with van der Waals surface area (Å²) in [6, 6.07) is 4.32. The fourth-order valence-corrected chi connectivity index (χ4v) is 3.87. The lowest BCUT2D eigenvalue weighted by atomic mass is 9.85. The van der Waals surface area contributed by atoms with Gasteiger partial charge in [-0.2, -0.15) is 13.2 Å². The minimum absolute atomic E-state index is 0.160. The first-order chi connectivity index (χ1) is 16.8. The van der Waals surface area contributed by atoms with Crippen LogP contribution in [0.25, 0.3) is 0 Å². The number of carbonyl (C=O) groups is 4. The van der Waals surface area contributed by atoms with E-state index in [1.54, 1.807) is 6.07 Å². The predicted molar refractivity (Wildman–Crippen MR) is 114 cm³/mol. The van der Waals surface area contributed by atoms with Gasteiger partial charge >= 0.3 is 30.3 Å². The van der Waals surface area contributed by atoms with Gasteiger partial charge in [0.15, 0.2) is 11.6 Å². The van der Waals surface area contributed by atoms with Gasteiger partial charge in [0.2, 0.25) is 0 Å². The van der Waals surface area contributed by atoms with Crippen LogP contribution in [0.15, 0.2) is 30.3 Å². The van der Waals surface area contributed by atoms with Crippen molar-refractivity contribution in [1.82, 2.24) is 9.80 Å². The van der Waals surface area contributed by atoms with Gasteiger partial charge in [-0.25, -0.2) is 28.0 Å². The zero-order valence-electron chi connectivity index (χ0n) is 19.9. The summed E-state index contributed by atoms with van der Waals surface area (Å²) in [6.45, 7) is -0.808. The Balaban J connectivity index is 2.63. The maximum absolute atomic E-state index is 14.6. The van der Waals surface area contributed by atoms with Crippen LogP contribution in [0.2, 0.25) is 0 Å². The third-order valence-electron chi connectivity index (χ3n) is 5.17. The Bertz CT molecular complexity index is 1030. The van der Waals surface area contributed by atoms with Crippen LogP contribution >= 0.6 is 0 Å². The van der Waals surface area contributed by atoms with Crippen LogP contribution in [0.5, 0.6) is 0 Å². The van der Waals surface area contributed by atoms with Crippen molar-refractivity contribution in [2.45, 2.75) is 63.1 Å². The number of nitrogens with zero attached hydrogens (tertiary/aromatic N) is 2. The zero-order chi connectivity index (χ0) is 28.4. The molecule has 37 heavy (non-hydrogen) atoms. The number of likely N-dealkylation sites (tertiary alicyclic amines) is 1. The van der Waals surface area contributed by atoms with Crippen LogP contribution in [0.4, 0.5) is 31.5 Å². The molecule has 10 nitrogen and oxygen atoms in total. The molecule has 2 atom stereocenters. The average Bonchev–Trinajstić information content (AvgIpc) is 3.02. The Labute approximate surface area is 207 Å². The lowest BCUT2D eigenvalue weighted by molar-refractivity contribution is -0.176. The second kappa shape index (κ2) is 10.4. The molecule has 1 unspecified atom stereocenters. The first-order valence-corrected chi connectivity index (χ1v) is 10.7. The highest BCUT2D eigenvalue weighted by molar-refractivity contribution is 5.95. The highest BCUT2D eigenvalue weighted by atomic mass is 19.4. The van der Waals surface area contributed by atoms with Gasteiger partial charge in [0.1, 0.15) is 18.8 Å². The Hall–Kier alpha value is -3.65. The Morgan fingerprint density at radius 2 is 1.65 bits per heavy atom. The molecule has 1 heterocycles. The molecule has 15 heteroatoms. The number of carboxylic acids is 2. The van der Waals surface area contributed by atoms with Gasteiger partial charge in [-0.15, -0.1) is 0 Å². The van der Waals surface area contributed by atoms with Gasteiger partial charge in [-0.3, -0.25) is 9.80 Å². The molecule has 0 bridgehead atoms. The fraction of sp³-hybridized carbons (Fsp3) is 0.545. The van der Waals surface area contributed by atoms with Crippen molar-refractivity contribution < 1.29 is 60.8 Å². The first-order valence-electron chi connectivity index (χ1n) is 10.7. The molecule has 206 valence electrons. The number of halogens is 5. The van der Waals surface area contributed by atoms with Crippen LogP contribution in [0.1, 0.15) is 32.8 Å². The highest BCUT2D eigenvalue weighted by Gasteiger charge is 2.69. The Morgan fingerprint density at radius 3 is 2.11 bits per heavy atom. The number of ether oxygens (including phenoxy) is 2. The molecular weight excluding hydrogens is 515 g/mol. The molecule has 1 aromatic rings. The highest BCUT2D eigenvalue weighted by Crippen LogP contribution is 2.45. The summed E-state index contributed by atoms with van der Waals surface area (Å²) in [7, 11) is 0. The number of hydrogen-bond acceptors (Lipinski definition) is 6. The molecule has 2 N–H and O–H groups in total. The zero-order valence-corrected chi connectivity index (χ0v) is 19.9. The smallest absolute Gasteiger partial charge is 0.411 e. The van der Waals surface area contributed by atoms with Crippen molar-refractivity contribution in [2.75, 3.05) is 13.1 Å². The summed E-state index contributed by atoms with van der Waals surface area (Å²) in [5.41, 5.74) is -4.64. The maximum atomic E-state index is 14.6. The van der Waals surface area contributed by atoms with E-state index in [2.05, 4.69) is 0 Å². The molecule has 0 aliphatic carbocycles. The van der Waals surface area contributed by atoms with E-state index < -0.39 is 84.4 Å². The third-order valence-corrected chi connectivity index (χ3v) is 5.17. The average molecular weight is 540 g/mol. The summed E-state index contributed by atoms with van der Waals surface area (Å²) >= 11 is 0. The van der Waals surface area contributed by atoms with Crippen LogP contribution < -0.4 is 0 Å². The van der Waals surface area contributed by atoms with Crippen molar-refractivity contribution in [3.63, 3.8) is 0 Å². The summed E-state index contributed by atoms with van der Waals surface area (Å²) < 4.78 is 79.2. The first kappa shape index (κ1) is 29.6. The molecule has 0 saturated carbocycles. The van der Waals surface area contributed by atoms with Gasteiger partial charge < -0.3 is 19.7 Å². The van der Waals surface area contributed by atoms with Crippen molar-refractivity contribution in [3.05, 3.63) is 35.9 Å². The number of hydrogen-bond donors (Lipinski definition) is 2. The second-order valence-electron chi connectivity index (χ2n) is 9.35. The van der Waals surface area contributed by atoms with Crippen molar-refractivity contribution in [3.8, 4) is 0 Å². The van der Waals surface area contributed by atoms with Crippen molar-refractivity contribution in [2.24, 2.45) is 0 Å². The van der Waals surface area contributed by atoms with Crippen LogP contribution in [-0.2, 0) is 25.7 Å². The molecule has 2 rings (SSSR count). The van der Waals surface area contributed by atoms with Gasteiger partial charge in [0.25, 0.3) is 5.92 Å². The molecule has 2 amide bonds. The molecule has 1 fully saturated rings. The maximum Gasteiger partial charge on any atom is 0.411 e. The Morgan fingerprint density at radius 1 is 1.08 bits per heavy atom. The predicted octanol–water partition coefficient (Wildman–Crippen LogP) is 3.74. The number of amides is 2. The van der Waals surface area contributed by atoms with Crippen LogP contribution in [-0.4, -0.2) is 86.5 Å². The van der Waals surface area contributed by atoms with Crippen LogP contribution in [0.3, 0.4) is 0 Å². The summed E-state index contributed by atoms with van der Waals surface area (Å²) in [5, 5.41) is 19.8. The van der Waals surface area contributed by atoms with Crippen LogP contribution in [0, 0.1) is 0 Å². The molecule has 0 aromatic heterocycles. The van der Waals surface area contributed by atoms with Gasteiger partial charge in [-0.1, -0.05) is 30.3 Å². The van der Waals surface area contributed by atoms with E-state index in [0.29, 0.717) is 0 Å². The molecule has 0 radical (unpaired) electrons. The number of benzene rings is 1. The summed E-state index contributed by atoms with van der Waals surface area (Å²) in [6.07, 6.45) is -10.9. The molecule has 1 aliphatic rings. The van der Waals surface area contributed by atoms with E-state index in [9.17, 15) is 51.3 Å². The number of carboxylic acid groups (broad SMARTS) is 2. The standard InChI is InChI=1S/C22H25F5N2O8/c1-19(2,3)37-18(35)29-11-20(23,24)10-21(29,16(32)33)14(15(30)31)28(12-22(25,26)27)17(34)36-9-13-7-5-4-6-8-13/h4-8,14H,9-12H2,1-3H3,(H,30,31)(H,32,33)/t14?,21-/m1/s1. The van der Waals surface area contributed by atoms with E-state index >= 15 is 0 Å². The SMILES string of the molecule is CC(C)(C)OC(=O)N1CC(F)(F)C[C@]1(C(=O)O)C(C(=O)O)N(CC(F)(F)F)C(=O)OCc1ccccc1. The van der Waals surface area contributed by atoms with Crippen molar-refractivity contribution in [1.29, 1.82) is 0 Å². The summed E-state index contributed by atoms with van der Waals surface area (Å²) in [5.74, 6) is -8.83. The van der Waals surface area contributed by atoms with E-state index in [1.165, 1.54) is 45.0 Å². The Kier molecular flexibility index (Phi) is 8.30. The number of aliphatic carboxylic acids is 2. The molecule has 1 aliphatic heterocycles. The lowest BCUT2D eigenvalue weighted by Crippen LogP contribution is -2.69. The van der Waals surface area contributed by atoms with Gasteiger partial charge in [0, 0.05) is 0 Å². The van der Waals surface area contributed by atoms with E-state index in [0.717, 1.165) is 0 Å². The van der Waals surface area contributed by atoms with E-state index in [1.807, 2.05) is 0 Å². The quantitative estimate of drug-likeness (QED) is 0.500. The number of carbonyl (C=O) groups excluding carboxylic acids is 2. The molecular formula is C22H25F5N2O8. The van der Waals surface area contributed by atoms with Gasteiger partial charge in [-0.05, 0) is 26.3 Å². The normalized spacial score (nSPS) is 20.2. The number of rotatable bonds is 7. The van der Waals surface area contributed by atoms with Gasteiger partial charge in [0.05, 0.1) is 13.0 Å². The number of alkyl halides is 5. The summed E-state index contributed by atoms with van der Waals surface area (Å²) in [4.78, 5) is 49.5. The molecule has 0 spiro atoms. The monoisotopic (exact) mass is 540 g/mol. The minimum Gasteiger partial charge on any atom is -0.480 e. The van der Waals surface area contributed by atoms with Crippen molar-refractivity contribution >= 4 is 24.1 Å². The fourth-order valence-electron chi connectivity index (χ4n) is 3.87. The lowest BCUT2D eigenvalue weighted by Gasteiger charge is -2.42. The third kappa shape index (κ3) is 7.20. The molecule has 1 saturated heterocycles. The second-order valence-corrected chi connectivity index (χ2v) is 9.35. The molecule has 1 aromatic carbocycles. The van der Waals surface area contributed by atoms with E-state index in [4.69, 9.17) is 9.47 Å². The van der Waals surface area contributed by atoms with E-state index in [-0.39, 0.29) is 10.5 Å². The topological polar surface area (TPSA) is 134 Å². The minimum atomic E-state index is -5.31. The largest absolute Gasteiger partial charge is 0.480 e.